The van der Waals surface area contributed by atoms with Crippen LogP contribution in [0.4, 0.5) is 17.6 Å². The molecule has 2 aromatic carbocycles. The molecule has 4 heteroatoms. The lowest BCUT2D eigenvalue weighted by Gasteiger charge is -2.29. The zero-order valence-corrected chi connectivity index (χ0v) is 18.9. The Morgan fingerprint density at radius 3 is 2.19 bits per heavy atom. The minimum Gasteiger partial charge on any atom is -0.203 e. The van der Waals surface area contributed by atoms with Gasteiger partial charge in [0.1, 0.15) is 0 Å². The summed E-state index contributed by atoms with van der Waals surface area (Å²) in [6, 6.07) is 3.38. The van der Waals surface area contributed by atoms with Crippen LogP contribution in [0.3, 0.4) is 0 Å². The fourth-order valence-corrected chi connectivity index (χ4v) is 5.62. The van der Waals surface area contributed by atoms with Gasteiger partial charge in [0.15, 0.2) is 23.3 Å². The second kappa shape index (κ2) is 9.80. The van der Waals surface area contributed by atoms with E-state index in [-0.39, 0.29) is 17.0 Å². The normalized spacial score (nSPS) is 19.7. The molecule has 172 valence electrons. The Hall–Kier alpha value is -2.10. The first-order valence-corrected chi connectivity index (χ1v) is 12.1. The van der Waals surface area contributed by atoms with E-state index < -0.39 is 23.3 Å². The van der Waals surface area contributed by atoms with E-state index in [1.165, 1.54) is 0 Å². The van der Waals surface area contributed by atoms with Crippen molar-refractivity contribution in [2.45, 2.75) is 83.5 Å². The van der Waals surface area contributed by atoms with Crippen LogP contribution in [0.5, 0.6) is 0 Å². The Kier molecular flexibility index (Phi) is 7.07. The van der Waals surface area contributed by atoms with E-state index in [1.807, 2.05) is 6.08 Å². The van der Waals surface area contributed by atoms with Gasteiger partial charge in [-0.1, -0.05) is 38.0 Å². The highest BCUT2D eigenvalue weighted by Gasteiger charge is 2.34. The van der Waals surface area contributed by atoms with Crippen molar-refractivity contribution in [3.63, 3.8) is 0 Å². The molecule has 32 heavy (non-hydrogen) atoms. The molecule has 0 spiro atoms. The molecule has 0 radical (unpaired) electrons. The Morgan fingerprint density at radius 2 is 1.53 bits per heavy atom. The van der Waals surface area contributed by atoms with Crippen molar-refractivity contribution in [1.82, 2.24) is 0 Å². The number of aryl methyl sites for hydroxylation is 1. The van der Waals surface area contributed by atoms with Gasteiger partial charge in [-0.25, -0.2) is 17.6 Å². The van der Waals surface area contributed by atoms with Crippen LogP contribution in [0.25, 0.3) is 11.1 Å². The van der Waals surface area contributed by atoms with Crippen LogP contribution >= 0.6 is 0 Å². The average Bonchev–Trinajstić information content (AvgIpc) is 3.17. The third kappa shape index (κ3) is 4.25. The molecule has 4 rings (SSSR count). The lowest BCUT2D eigenvalue weighted by Crippen LogP contribution is -2.15. The predicted octanol–water partition coefficient (Wildman–Crippen LogP) is 8.79. The maximum Gasteiger partial charge on any atom is 0.167 e. The van der Waals surface area contributed by atoms with E-state index in [0.717, 1.165) is 57.8 Å². The van der Waals surface area contributed by atoms with Gasteiger partial charge in [-0.15, -0.1) is 6.58 Å². The molecule has 1 saturated carbocycles. The second-order valence-corrected chi connectivity index (χ2v) is 9.54. The Balaban J connectivity index is 1.62. The lowest BCUT2D eigenvalue weighted by atomic mass is 9.76. The molecule has 2 aromatic rings. The molecule has 0 unspecified atom stereocenters. The number of benzene rings is 2. The topological polar surface area (TPSA) is 0 Å². The molecule has 0 nitrogen and oxygen atoms in total. The summed E-state index contributed by atoms with van der Waals surface area (Å²) in [5, 5.41) is 0. The zero-order valence-electron chi connectivity index (χ0n) is 18.9. The first kappa shape index (κ1) is 23.1. The number of hydrogen-bond donors (Lipinski definition) is 0. The van der Waals surface area contributed by atoms with Gasteiger partial charge in [0, 0.05) is 11.1 Å². The van der Waals surface area contributed by atoms with Crippen LogP contribution in [0.1, 0.15) is 92.9 Å². The minimum atomic E-state index is -1.04. The highest BCUT2D eigenvalue weighted by atomic mass is 19.2. The van der Waals surface area contributed by atoms with Crippen molar-refractivity contribution in [3.05, 3.63) is 70.3 Å². The van der Waals surface area contributed by atoms with Gasteiger partial charge in [-0.3, -0.25) is 0 Å². The molecule has 0 amide bonds. The SMILES string of the molecule is C=CCCC1CCC(c2cc3c(c(F)c2F)-c2c(cc(CCCCC)c(F)c2F)C3)CC1. The highest BCUT2D eigenvalue weighted by molar-refractivity contribution is 5.79. The standard InChI is InChI=1S/C28H32F4/c1-3-5-7-9-19-14-20-15-21-16-22(18-12-10-17(11-13-18)8-6-4-2)26(30)28(32)24(21)23(20)27(31)25(19)29/h4,14,16-18H,2-3,5-13,15H2,1H3. The van der Waals surface area contributed by atoms with Crippen LogP contribution < -0.4 is 0 Å². The molecule has 2 aliphatic carbocycles. The molecule has 0 saturated heterocycles. The van der Waals surface area contributed by atoms with E-state index in [4.69, 9.17) is 0 Å². The molecular formula is C28H32F4. The van der Waals surface area contributed by atoms with E-state index in [9.17, 15) is 8.78 Å². The summed E-state index contributed by atoms with van der Waals surface area (Å²) in [4.78, 5) is 0. The number of allylic oxidation sites excluding steroid dienone is 1. The fourth-order valence-electron chi connectivity index (χ4n) is 5.62. The Morgan fingerprint density at radius 1 is 0.875 bits per heavy atom. The minimum absolute atomic E-state index is 0.0234. The Bertz CT molecular complexity index is 999. The van der Waals surface area contributed by atoms with Crippen LogP contribution in [0.2, 0.25) is 0 Å². The molecule has 0 bridgehead atoms. The number of halogens is 4. The van der Waals surface area contributed by atoms with Gasteiger partial charge < -0.3 is 0 Å². The molecule has 1 fully saturated rings. The summed E-state index contributed by atoms with van der Waals surface area (Å²) in [5.41, 5.74) is 1.70. The van der Waals surface area contributed by atoms with E-state index in [0.29, 0.717) is 41.0 Å². The number of rotatable bonds is 8. The average molecular weight is 445 g/mol. The molecule has 0 atom stereocenters. The van der Waals surface area contributed by atoms with Gasteiger partial charge in [-0.2, -0.15) is 0 Å². The molecule has 2 aliphatic rings. The van der Waals surface area contributed by atoms with Crippen molar-refractivity contribution < 1.29 is 17.6 Å². The third-order valence-electron chi connectivity index (χ3n) is 7.43. The largest absolute Gasteiger partial charge is 0.203 e. The maximum atomic E-state index is 15.2. The zero-order chi connectivity index (χ0) is 22.8. The summed E-state index contributed by atoms with van der Waals surface area (Å²) in [7, 11) is 0. The molecule has 0 N–H and O–H groups in total. The maximum absolute atomic E-state index is 15.2. The molecule has 0 heterocycles. The van der Waals surface area contributed by atoms with Gasteiger partial charge in [-0.05, 0) is 91.9 Å². The lowest BCUT2D eigenvalue weighted by molar-refractivity contribution is 0.306. The van der Waals surface area contributed by atoms with Crippen LogP contribution in [0.15, 0.2) is 24.8 Å². The van der Waals surface area contributed by atoms with Crippen molar-refractivity contribution in [2.75, 3.05) is 0 Å². The first-order valence-electron chi connectivity index (χ1n) is 12.1. The van der Waals surface area contributed by atoms with Crippen molar-refractivity contribution in [1.29, 1.82) is 0 Å². The van der Waals surface area contributed by atoms with Gasteiger partial charge >= 0.3 is 0 Å². The number of unbranched alkanes of at least 4 members (excludes halogenated alkanes) is 2. The van der Waals surface area contributed by atoms with Gasteiger partial charge in [0.2, 0.25) is 0 Å². The van der Waals surface area contributed by atoms with Crippen LogP contribution in [0, 0.1) is 29.2 Å². The molecular weight excluding hydrogens is 412 g/mol. The number of fused-ring (bicyclic) bond motifs is 3. The van der Waals surface area contributed by atoms with Crippen LogP contribution in [-0.4, -0.2) is 0 Å². The molecule has 0 aliphatic heterocycles. The summed E-state index contributed by atoms with van der Waals surface area (Å²) >= 11 is 0. The third-order valence-corrected chi connectivity index (χ3v) is 7.43. The summed E-state index contributed by atoms with van der Waals surface area (Å²) < 4.78 is 60.1. The Labute approximate surface area is 188 Å². The summed E-state index contributed by atoms with van der Waals surface area (Å²) in [5.74, 6) is -3.29. The van der Waals surface area contributed by atoms with Gasteiger partial charge in [0.05, 0.1) is 0 Å². The monoisotopic (exact) mass is 444 g/mol. The van der Waals surface area contributed by atoms with E-state index in [2.05, 4.69) is 13.5 Å². The second-order valence-electron chi connectivity index (χ2n) is 9.54. The van der Waals surface area contributed by atoms with E-state index >= 15 is 8.78 Å². The predicted molar refractivity (Wildman–Crippen MR) is 122 cm³/mol. The fraction of sp³-hybridized carbons (Fsp3) is 0.500. The van der Waals surface area contributed by atoms with Gasteiger partial charge in [0.25, 0.3) is 0 Å². The molecule has 0 aromatic heterocycles. The summed E-state index contributed by atoms with van der Waals surface area (Å²) in [6.45, 7) is 5.83. The number of hydrogen-bond acceptors (Lipinski definition) is 0. The quantitative estimate of drug-likeness (QED) is 0.185. The van der Waals surface area contributed by atoms with Crippen LogP contribution in [-0.2, 0) is 12.8 Å². The van der Waals surface area contributed by atoms with Crippen molar-refractivity contribution in [3.8, 4) is 11.1 Å². The van der Waals surface area contributed by atoms with Crippen molar-refractivity contribution in [2.24, 2.45) is 5.92 Å². The van der Waals surface area contributed by atoms with Crippen molar-refractivity contribution >= 4 is 0 Å². The van der Waals surface area contributed by atoms with E-state index in [1.54, 1.807) is 12.1 Å². The first-order chi connectivity index (χ1) is 15.5. The highest BCUT2D eigenvalue weighted by Crippen LogP contribution is 2.46. The smallest absolute Gasteiger partial charge is 0.167 e. The summed E-state index contributed by atoms with van der Waals surface area (Å²) in [6.07, 6.45) is 11.1.